The lowest BCUT2D eigenvalue weighted by molar-refractivity contribution is 0.102. The molecule has 31 heavy (non-hydrogen) atoms. The van der Waals surface area contributed by atoms with Crippen LogP contribution in [-0.4, -0.2) is 29.8 Å². The van der Waals surface area contributed by atoms with E-state index in [0.29, 0.717) is 34.9 Å². The Morgan fingerprint density at radius 3 is 2.71 bits per heavy atom. The Kier molecular flexibility index (Phi) is 5.53. The molecule has 0 spiro atoms. The molecule has 2 aromatic carbocycles. The molecule has 1 N–H and O–H groups in total. The minimum absolute atomic E-state index is 0.160. The highest BCUT2D eigenvalue weighted by Crippen LogP contribution is 2.32. The molecule has 2 aromatic heterocycles. The van der Waals surface area contributed by atoms with Crippen LogP contribution in [0.25, 0.3) is 22.4 Å². The van der Waals surface area contributed by atoms with Gasteiger partial charge in [-0.25, -0.2) is 9.37 Å². The molecule has 8 heteroatoms. The van der Waals surface area contributed by atoms with E-state index >= 15 is 0 Å². The molecule has 1 amide bonds. The van der Waals surface area contributed by atoms with E-state index in [4.69, 9.17) is 14.0 Å². The molecule has 158 valence electrons. The van der Waals surface area contributed by atoms with Crippen LogP contribution in [0.4, 0.5) is 10.1 Å². The van der Waals surface area contributed by atoms with Crippen molar-refractivity contribution < 1.29 is 23.2 Å². The van der Waals surface area contributed by atoms with Crippen LogP contribution in [0.1, 0.15) is 23.0 Å². The molecule has 0 aliphatic rings. The molecule has 4 aromatic rings. The van der Waals surface area contributed by atoms with Gasteiger partial charge in [0.1, 0.15) is 5.82 Å². The third-order valence-electron chi connectivity index (χ3n) is 4.73. The lowest BCUT2D eigenvalue weighted by atomic mass is 10.0. The molecule has 2 heterocycles. The molecular formula is C23H20FN3O4. The SMILES string of the molecule is CCOc1ccc(NC(=O)c2cc(-c3ccccc3F)nc3onc(C)c23)cc1OC. The number of hydrogen-bond donors (Lipinski definition) is 1. The van der Waals surface area contributed by atoms with E-state index < -0.39 is 11.7 Å². The highest BCUT2D eigenvalue weighted by molar-refractivity contribution is 6.13. The summed E-state index contributed by atoms with van der Waals surface area (Å²) < 4.78 is 30.5. The molecule has 7 nitrogen and oxygen atoms in total. The van der Waals surface area contributed by atoms with Crippen molar-refractivity contribution in [1.29, 1.82) is 0 Å². The van der Waals surface area contributed by atoms with E-state index in [2.05, 4.69) is 15.5 Å². The van der Waals surface area contributed by atoms with Gasteiger partial charge in [0.15, 0.2) is 11.5 Å². The average molecular weight is 421 g/mol. The van der Waals surface area contributed by atoms with Crippen molar-refractivity contribution in [3.05, 3.63) is 65.6 Å². The maximum absolute atomic E-state index is 14.3. The first-order chi connectivity index (χ1) is 15.0. The van der Waals surface area contributed by atoms with Crippen LogP contribution >= 0.6 is 0 Å². The number of ether oxygens (including phenoxy) is 2. The maximum atomic E-state index is 14.3. The van der Waals surface area contributed by atoms with E-state index in [1.807, 2.05) is 6.92 Å². The number of aromatic nitrogens is 2. The summed E-state index contributed by atoms with van der Waals surface area (Å²) in [4.78, 5) is 17.5. The monoisotopic (exact) mass is 421 g/mol. The fourth-order valence-corrected chi connectivity index (χ4v) is 3.30. The quantitative estimate of drug-likeness (QED) is 0.472. The summed E-state index contributed by atoms with van der Waals surface area (Å²) in [6.45, 7) is 4.08. The summed E-state index contributed by atoms with van der Waals surface area (Å²) in [6, 6.07) is 12.8. The number of fused-ring (bicyclic) bond motifs is 1. The first-order valence-corrected chi connectivity index (χ1v) is 9.66. The van der Waals surface area contributed by atoms with E-state index in [1.54, 1.807) is 43.3 Å². The number of hydrogen-bond acceptors (Lipinski definition) is 6. The lowest BCUT2D eigenvalue weighted by Crippen LogP contribution is -2.13. The van der Waals surface area contributed by atoms with Crippen LogP contribution in [0.2, 0.25) is 0 Å². The largest absolute Gasteiger partial charge is 0.493 e. The molecule has 0 bridgehead atoms. The highest BCUT2D eigenvalue weighted by Gasteiger charge is 2.21. The van der Waals surface area contributed by atoms with Gasteiger partial charge >= 0.3 is 0 Å². The number of anilines is 1. The van der Waals surface area contributed by atoms with Crippen molar-refractivity contribution in [1.82, 2.24) is 10.1 Å². The summed E-state index contributed by atoms with van der Waals surface area (Å²) in [6.07, 6.45) is 0. The van der Waals surface area contributed by atoms with Crippen LogP contribution in [0.5, 0.6) is 11.5 Å². The van der Waals surface area contributed by atoms with Crippen molar-refractivity contribution in [3.63, 3.8) is 0 Å². The fraction of sp³-hybridized carbons (Fsp3) is 0.174. The zero-order valence-electron chi connectivity index (χ0n) is 17.2. The summed E-state index contributed by atoms with van der Waals surface area (Å²) in [5.41, 5.74) is 1.99. The van der Waals surface area contributed by atoms with Crippen LogP contribution in [0, 0.1) is 12.7 Å². The number of pyridine rings is 1. The first-order valence-electron chi connectivity index (χ1n) is 9.66. The second kappa shape index (κ2) is 8.43. The van der Waals surface area contributed by atoms with Crippen molar-refractivity contribution in [2.45, 2.75) is 13.8 Å². The molecule has 4 rings (SSSR count). The summed E-state index contributed by atoms with van der Waals surface area (Å²) in [5, 5.41) is 7.22. The number of benzene rings is 2. The molecule has 0 fully saturated rings. The minimum atomic E-state index is -0.451. The van der Waals surface area contributed by atoms with E-state index in [1.165, 1.54) is 19.2 Å². The Balaban J connectivity index is 1.76. The number of rotatable bonds is 6. The number of nitrogens with zero attached hydrogens (tertiary/aromatic N) is 2. The average Bonchev–Trinajstić information content (AvgIpc) is 3.15. The summed E-state index contributed by atoms with van der Waals surface area (Å²) in [5.74, 6) is 0.203. The summed E-state index contributed by atoms with van der Waals surface area (Å²) >= 11 is 0. The van der Waals surface area contributed by atoms with Gasteiger partial charge in [-0.2, -0.15) is 0 Å². The third-order valence-corrected chi connectivity index (χ3v) is 4.73. The van der Waals surface area contributed by atoms with Gasteiger partial charge in [0.2, 0.25) is 0 Å². The Bertz CT molecular complexity index is 1270. The van der Waals surface area contributed by atoms with Crippen molar-refractivity contribution in [2.24, 2.45) is 0 Å². The van der Waals surface area contributed by atoms with Gasteiger partial charge in [-0.3, -0.25) is 4.79 Å². The second-order valence-electron chi connectivity index (χ2n) is 6.74. The number of aryl methyl sites for hydroxylation is 1. The smallest absolute Gasteiger partial charge is 0.259 e. The van der Waals surface area contributed by atoms with E-state index in [-0.39, 0.29) is 22.5 Å². The van der Waals surface area contributed by atoms with Crippen LogP contribution in [0.15, 0.2) is 53.1 Å². The second-order valence-corrected chi connectivity index (χ2v) is 6.74. The van der Waals surface area contributed by atoms with Gasteiger partial charge in [-0.15, -0.1) is 0 Å². The van der Waals surface area contributed by atoms with Crippen molar-refractivity contribution >= 4 is 22.7 Å². The van der Waals surface area contributed by atoms with Gasteiger partial charge in [0, 0.05) is 17.3 Å². The zero-order valence-corrected chi connectivity index (χ0v) is 17.2. The minimum Gasteiger partial charge on any atom is -0.493 e. The van der Waals surface area contributed by atoms with Crippen molar-refractivity contribution in [3.8, 4) is 22.8 Å². The van der Waals surface area contributed by atoms with Crippen molar-refractivity contribution in [2.75, 3.05) is 19.0 Å². The van der Waals surface area contributed by atoms with Crippen LogP contribution < -0.4 is 14.8 Å². The van der Waals surface area contributed by atoms with Crippen LogP contribution in [0.3, 0.4) is 0 Å². The Hall–Kier alpha value is -3.94. The highest BCUT2D eigenvalue weighted by atomic mass is 19.1. The molecule has 0 unspecified atom stereocenters. The number of carbonyl (C=O) groups is 1. The van der Waals surface area contributed by atoms with Gasteiger partial charge in [0.05, 0.1) is 36.1 Å². The number of methoxy groups -OCH3 is 1. The van der Waals surface area contributed by atoms with Gasteiger partial charge in [-0.1, -0.05) is 17.3 Å². The fourth-order valence-electron chi connectivity index (χ4n) is 3.30. The summed E-state index contributed by atoms with van der Waals surface area (Å²) in [7, 11) is 1.52. The predicted molar refractivity (Wildman–Crippen MR) is 114 cm³/mol. The van der Waals surface area contributed by atoms with E-state index in [0.717, 1.165) is 0 Å². The maximum Gasteiger partial charge on any atom is 0.259 e. The Morgan fingerprint density at radius 2 is 1.97 bits per heavy atom. The zero-order chi connectivity index (χ0) is 22.0. The Morgan fingerprint density at radius 1 is 1.16 bits per heavy atom. The topological polar surface area (TPSA) is 86.5 Å². The molecule has 0 atom stereocenters. The number of halogens is 1. The third kappa shape index (κ3) is 3.92. The predicted octanol–water partition coefficient (Wildman–Crippen LogP) is 5.00. The standard InChI is InChI=1S/C23H20FN3O4/c1-4-30-19-10-9-14(11-20(19)29-3)25-22(28)16-12-18(15-7-5-6-8-17(15)24)26-23-21(16)13(2)27-31-23/h5-12H,4H2,1-3H3,(H,25,28). The lowest BCUT2D eigenvalue weighted by Gasteiger charge is -2.12. The molecule has 0 saturated heterocycles. The number of carbonyl (C=O) groups excluding carboxylic acids is 1. The van der Waals surface area contributed by atoms with Crippen LogP contribution in [-0.2, 0) is 0 Å². The molecular weight excluding hydrogens is 401 g/mol. The van der Waals surface area contributed by atoms with Gasteiger partial charge in [-0.05, 0) is 44.2 Å². The molecule has 0 saturated carbocycles. The van der Waals surface area contributed by atoms with Gasteiger partial charge in [0.25, 0.3) is 11.6 Å². The molecule has 0 aliphatic carbocycles. The molecule has 0 aliphatic heterocycles. The number of nitrogens with one attached hydrogen (secondary N) is 1. The normalized spacial score (nSPS) is 10.8. The van der Waals surface area contributed by atoms with E-state index in [9.17, 15) is 9.18 Å². The number of amides is 1. The Labute approximate surface area is 177 Å². The van der Waals surface area contributed by atoms with Gasteiger partial charge < -0.3 is 19.3 Å². The first kappa shape index (κ1) is 20.3. The molecule has 0 radical (unpaired) electrons.